The lowest BCUT2D eigenvalue weighted by molar-refractivity contribution is -0.386. The van der Waals surface area contributed by atoms with Gasteiger partial charge >= 0.3 is 5.69 Å². The van der Waals surface area contributed by atoms with Crippen molar-refractivity contribution in [2.45, 2.75) is 36.6 Å². The first-order valence-corrected chi connectivity index (χ1v) is 7.55. The van der Waals surface area contributed by atoms with Crippen LogP contribution in [0, 0.1) is 10.1 Å². The number of benzene rings is 1. The number of para-hydroxylation sites is 1. The van der Waals surface area contributed by atoms with E-state index in [9.17, 15) is 18.5 Å². The van der Waals surface area contributed by atoms with Crippen molar-refractivity contribution in [3.8, 4) is 0 Å². The Labute approximate surface area is 116 Å². The largest absolute Gasteiger partial charge is 0.318 e. The number of hydrogen-bond donors (Lipinski definition) is 3. The van der Waals surface area contributed by atoms with Crippen molar-refractivity contribution in [1.82, 2.24) is 4.72 Å². The number of hydrogen-bond acceptors (Lipinski definition) is 6. The fourth-order valence-corrected chi connectivity index (χ4v) is 3.89. The number of hydrazine groups is 1. The van der Waals surface area contributed by atoms with Crippen molar-refractivity contribution >= 4 is 21.4 Å². The van der Waals surface area contributed by atoms with E-state index in [0.29, 0.717) is 0 Å². The van der Waals surface area contributed by atoms with E-state index in [4.69, 9.17) is 5.84 Å². The molecule has 0 saturated heterocycles. The minimum absolute atomic E-state index is 0.0448. The maximum absolute atomic E-state index is 12.3. The van der Waals surface area contributed by atoms with Crippen LogP contribution >= 0.6 is 0 Å². The zero-order valence-electron chi connectivity index (χ0n) is 10.9. The summed E-state index contributed by atoms with van der Waals surface area (Å²) in [6.45, 7) is 1.78. The molecule has 1 aliphatic carbocycles. The SMILES string of the molecule is CC1(NS(=O)(=O)c2cccc(NN)c2[N+](=O)[O-])CCC1. The molecule has 8 nitrogen and oxygen atoms in total. The van der Waals surface area contributed by atoms with E-state index in [1.54, 1.807) is 6.92 Å². The second kappa shape index (κ2) is 5.00. The topological polar surface area (TPSA) is 127 Å². The Hall–Kier alpha value is -1.71. The van der Waals surface area contributed by atoms with E-state index in [1.807, 2.05) is 0 Å². The first-order valence-electron chi connectivity index (χ1n) is 6.07. The van der Waals surface area contributed by atoms with E-state index >= 15 is 0 Å². The number of nitrogens with zero attached hydrogens (tertiary/aromatic N) is 1. The third-order valence-electron chi connectivity index (χ3n) is 3.46. The summed E-state index contributed by atoms with van der Waals surface area (Å²) in [5, 5.41) is 11.1. The van der Waals surface area contributed by atoms with Crippen LogP contribution in [0.15, 0.2) is 23.1 Å². The zero-order valence-corrected chi connectivity index (χ0v) is 11.7. The molecule has 110 valence electrons. The van der Waals surface area contributed by atoms with Crippen molar-refractivity contribution in [3.05, 3.63) is 28.3 Å². The maximum atomic E-state index is 12.3. The van der Waals surface area contributed by atoms with Crippen LogP contribution in [0.2, 0.25) is 0 Å². The summed E-state index contributed by atoms with van der Waals surface area (Å²) in [4.78, 5) is 9.97. The van der Waals surface area contributed by atoms with E-state index in [0.717, 1.165) is 19.3 Å². The molecule has 1 fully saturated rings. The first kappa shape index (κ1) is 14.7. The number of nitrogens with two attached hydrogens (primary N) is 1. The van der Waals surface area contributed by atoms with Gasteiger partial charge in [-0.2, -0.15) is 0 Å². The van der Waals surface area contributed by atoms with Crippen LogP contribution in [0.1, 0.15) is 26.2 Å². The summed E-state index contributed by atoms with van der Waals surface area (Å²) >= 11 is 0. The molecule has 4 N–H and O–H groups in total. The molecule has 0 heterocycles. The van der Waals surface area contributed by atoms with E-state index in [2.05, 4.69) is 10.1 Å². The van der Waals surface area contributed by atoms with Crippen LogP contribution in [0.3, 0.4) is 0 Å². The minimum atomic E-state index is -3.97. The molecule has 20 heavy (non-hydrogen) atoms. The summed E-state index contributed by atoms with van der Waals surface area (Å²) in [6, 6.07) is 3.95. The third kappa shape index (κ3) is 2.60. The highest BCUT2D eigenvalue weighted by molar-refractivity contribution is 7.89. The standard InChI is InChI=1S/C11H16N4O4S/c1-11(6-3-7-11)14-20(18,19)9-5-2-4-8(13-12)10(9)15(16)17/h2,4-5,13-14H,3,6-7,12H2,1H3. The molecule has 0 spiro atoms. The van der Waals surface area contributed by atoms with E-state index in [1.165, 1.54) is 18.2 Å². The van der Waals surface area contributed by atoms with Gasteiger partial charge in [0.2, 0.25) is 10.0 Å². The number of nitrogen functional groups attached to an aromatic ring is 1. The van der Waals surface area contributed by atoms with Crippen LogP contribution in [0.25, 0.3) is 0 Å². The molecule has 1 aliphatic rings. The van der Waals surface area contributed by atoms with Gasteiger partial charge in [-0.25, -0.2) is 13.1 Å². The van der Waals surface area contributed by atoms with Gasteiger partial charge in [0.05, 0.1) is 4.92 Å². The van der Waals surface area contributed by atoms with Crippen LogP contribution in [-0.2, 0) is 10.0 Å². The predicted molar refractivity (Wildman–Crippen MR) is 73.5 cm³/mol. The molecule has 9 heteroatoms. The van der Waals surface area contributed by atoms with Gasteiger partial charge in [-0.3, -0.25) is 16.0 Å². The molecule has 1 aromatic carbocycles. The lowest BCUT2D eigenvalue weighted by atomic mass is 9.80. The van der Waals surface area contributed by atoms with Crippen molar-refractivity contribution in [1.29, 1.82) is 0 Å². The van der Waals surface area contributed by atoms with Gasteiger partial charge in [0.1, 0.15) is 5.69 Å². The zero-order chi connectivity index (χ0) is 15.0. The Morgan fingerprint density at radius 2 is 2.05 bits per heavy atom. The maximum Gasteiger partial charge on any atom is 0.313 e. The molecular weight excluding hydrogens is 284 g/mol. The molecule has 2 rings (SSSR count). The molecule has 0 amide bonds. The Kier molecular flexibility index (Phi) is 3.67. The van der Waals surface area contributed by atoms with Crippen LogP contribution < -0.4 is 16.0 Å². The average Bonchev–Trinajstić information content (AvgIpc) is 2.35. The van der Waals surface area contributed by atoms with Gasteiger partial charge in [0, 0.05) is 5.54 Å². The highest BCUT2D eigenvalue weighted by Gasteiger charge is 2.39. The number of nitro groups is 1. The van der Waals surface area contributed by atoms with Crippen molar-refractivity contribution in [3.63, 3.8) is 0 Å². The van der Waals surface area contributed by atoms with Crippen molar-refractivity contribution in [2.75, 3.05) is 5.43 Å². The van der Waals surface area contributed by atoms with Crippen LogP contribution in [0.4, 0.5) is 11.4 Å². The molecule has 0 aliphatic heterocycles. The predicted octanol–water partition coefficient (Wildman–Crippen LogP) is 1.10. The van der Waals surface area contributed by atoms with E-state index in [-0.39, 0.29) is 10.6 Å². The van der Waals surface area contributed by atoms with Gasteiger partial charge in [0.15, 0.2) is 4.90 Å². The van der Waals surface area contributed by atoms with Gasteiger partial charge < -0.3 is 5.43 Å². The quantitative estimate of drug-likeness (QED) is 0.424. The second-order valence-corrected chi connectivity index (χ2v) is 6.72. The monoisotopic (exact) mass is 300 g/mol. The Morgan fingerprint density at radius 1 is 1.40 bits per heavy atom. The molecule has 0 unspecified atom stereocenters. The summed E-state index contributed by atoms with van der Waals surface area (Å²) in [6.07, 6.45) is 2.37. The van der Waals surface area contributed by atoms with Gasteiger partial charge in [-0.15, -0.1) is 0 Å². The average molecular weight is 300 g/mol. The van der Waals surface area contributed by atoms with Crippen LogP contribution in [0.5, 0.6) is 0 Å². The van der Waals surface area contributed by atoms with Crippen LogP contribution in [-0.4, -0.2) is 18.9 Å². The Balaban J connectivity index is 2.48. The molecule has 1 saturated carbocycles. The molecule has 1 aromatic rings. The smallest absolute Gasteiger partial charge is 0.313 e. The molecule has 0 aromatic heterocycles. The van der Waals surface area contributed by atoms with Gasteiger partial charge in [-0.05, 0) is 38.3 Å². The highest BCUT2D eigenvalue weighted by Crippen LogP contribution is 2.36. The summed E-state index contributed by atoms with van der Waals surface area (Å²) < 4.78 is 27.2. The van der Waals surface area contributed by atoms with Crippen molar-refractivity contribution in [2.24, 2.45) is 5.84 Å². The lowest BCUT2D eigenvalue weighted by Crippen LogP contribution is -2.50. The number of anilines is 1. The fraction of sp³-hybridized carbons (Fsp3) is 0.455. The number of nitrogens with one attached hydrogen (secondary N) is 2. The molecule has 0 bridgehead atoms. The summed E-state index contributed by atoms with van der Waals surface area (Å²) in [7, 11) is -3.97. The molecule has 0 atom stereocenters. The summed E-state index contributed by atoms with van der Waals surface area (Å²) in [5.41, 5.74) is 1.02. The number of nitro benzene ring substituents is 1. The summed E-state index contributed by atoms with van der Waals surface area (Å²) in [5.74, 6) is 5.20. The molecule has 0 radical (unpaired) electrons. The highest BCUT2D eigenvalue weighted by atomic mass is 32.2. The normalized spacial score (nSPS) is 17.3. The fourth-order valence-electron chi connectivity index (χ4n) is 2.23. The number of rotatable bonds is 5. The van der Waals surface area contributed by atoms with E-state index < -0.39 is 26.2 Å². The van der Waals surface area contributed by atoms with Gasteiger partial charge in [0.25, 0.3) is 0 Å². The first-order chi connectivity index (χ1) is 9.29. The molecular formula is C11H16N4O4S. The van der Waals surface area contributed by atoms with Gasteiger partial charge in [-0.1, -0.05) is 6.07 Å². The Morgan fingerprint density at radius 3 is 2.50 bits per heavy atom. The number of sulfonamides is 1. The Bertz CT molecular complexity index is 640. The lowest BCUT2D eigenvalue weighted by Gasteiger charge is -2.38. The van der Waals surface area contributed by atoms with Crippen molar-refractivity contribution < 1.29 is 13.3 Å². The third-order valence-corrected chi connectivity index (χ3v) is 5.13. The minimum Gasteiger partial charge on any atom is -0.318 e. The second-order valence-electron chi connectivity index (χ2n) is 5.07.